The van der Waals surface area contributed by atoms with E-state index in [1.165, 1.54) is 0 Å². The monoisotopic (exact) mass is 283 g/mol. The van der Waals surface area contributed by atoms with Gasteiger partial charge in [0.2, 0.25) is 11.6 Å². The molecule has 1 aromatic carbocycles. The van der Waals surface area contributed by atoms with Crippen molar-refractivity contribution in [2.75, 3.05) is 0 Å². The second-order valence-corrected chi connectivity index (χ2v) is 5.08. The highest BCUT2D eigenvalue weighted by molar-refractivity contribution is 6.38. The highest BCUT2D eigenvalue weighted by atomic mass is 16.3. The van der Waals surface area contributed by atoms with Gasteiger partial charge in [0.1, 0.15) is 0 Å². The molecule has 3 N–H and O–H groups in total. The molecule has 21 heavy (non-hydrogen) atoms. The van der Waals surface area contributed by atoms with Crippen molar-refractivity contribution in [1.29, 1.82) is 0 Å². The molecule has 0 aliphatic heterocycles. The van der Waals surface area contributed by atoms with Crippen LogP contribution in [0.2, 0.25) is 0 Å². The molecule has 0 atom stereocenters. The first-order valence-electron chi connectivity index (χ1n) is 6.42. The molecule has 0 spiro atoms. The van der Waals surface area contributed by atoms with Gasteiger partial charge in [-0.15, -0.1) is 0 Å². The van der Waals surface area contributed by atoms with Gasteiger partial charge in [-0.3, -0.25) is 9.59 Å². The zero-order valence-electron chi connectivity index (χ0n) is 11.5. The predicted molar refractivity (Wildman–Crippen MR) is 78.0 cm³/mol. The van der Waals surface area contributed by atoms with E-state index < -0.39 is 23.1 Å². The molecule has 1 aliphatic rings. The number of benzene rings is 1. The van der Waals surface area contributed by atoms with E-state index in [2.05, 4.69) is 4.98 Å². The number of Topliss-reactive ketones (excluding diaryl/α,β-unsaturated/α-hetero) is 1. The number of aromatic amines is 1. The minimum Gasteiger partial charge on any atom is -0.504 e. The Hall–Kier alpha value is -2.82. The quantitative estimate of drug-likeness (QED) is 0.702. The molecule has 0 unspecified atom stereocenters. The highest BCUT2D eigenvalue weighted by Gasteiger charge is 2.31. The number of aryl methyl sites for hydroxylation is 2. The third kappa shape index (κ3) is 1.78. The maximum Gasteiger partial charge on any atom is 0.231 e. The molecular weight excluding hydrogens is 270 g/mol. The number of hydrogen-bond donors (Lipinski definition) is 3. The summed E-state index contributed by atoms with van der Waals surface area (Å²) in [5.41, 5.74) is 3.17. The number of fused-ring (bicyclic) bond motifs is 1. The largest absolute Gasteiger partial charge is 0.504 e. The maximum atomic E-state index is 12.1. The fraction of sp³-hybridized carbons (Fsp3) is 0.125. The van der Waals surface area contributed by atoms with Crippen LogP contribution in [0, 0.1) is 13.8 Å². The number of H-pyrrole nitrogens is 1. The standard InChI is InChI=1S/C16H13NO4/c1-7-3-4-9-10(6-17-14(9)8(7)2)13-15(20)11(18)5-12(19)16(13)21/h3-6,17-18,21H,1-2H3. The summed E-state index contributed by atoms with van der Waals surface area (Å²) in [6, 6.07) is 3.72. The number of aliphatic hydroxyl groups excluding tert-OH is 2. The lowest BCUT2D eigenvalue weighted by molar-refractivity contribution is -0.117. The van der Waals surface area contributed by atoms with Gasteiger partial charge in [-0.2, -0.15) is 0 Å². The van der Waals surface area contributed by atoms with Crippen molar-refractivity contribution < 1.29 is 19.8 Å². The van der Waals surface area contributed by atoms with E-state index >= 15 is 0 Å². The Bertz CT molecular complexity index is 868. The molecule has 1 heterocycles. The molecular formula is C16H13NO4. The average molecular weight is 283 g/mol. The summed E-state index contributed by atoms with van der Waals surface area (Å²) in [6.07, 6.45) is 2.29. The lowest BCUT2D eigenvalue weighted by Crippen LogP contribution is -2.18. The molecule has 3 rings (SSSR count). The number of hydrogen-bond acceptors (Lipinski definition) is 4. The Balaban J connectivity index is 2.31. The number of aromatic nitrogens is 1. The average Bonchev–Trinajstić information content (AvgIpc) is 2.86. The van der Waals surface area contributed by atoms with Crippen LogP contribution in [0.25, 0.3) is 16.5 Å². The number of nitrogens with one attached hydrogen (secondary N) is 1. The number of carbonyl (C=O) groups is 2. The number of rotatable bonds is 1. The molecule has 0 radical (unpaired) electrons. The highest BCUT2D eigenvalue weighted by Crippen LogP contribution is 2.33. The van der Waals surface area contributed by atoms with Crippen molar-refractivity contribution >= 4 is 28.0 Å². The van der Waals surface area contributed by atoms with E-state index in [-0.39, 0.29) is 5.57 Å². The van der Waals surface area contributed by atoms with E-state index in [9.17, 15) is 19.8 Å². The first-order chi connectivity index (χ1) is 9.91. The van der Waals surface area contributed by atoms with Crippen molar-refractivity contribution in [3.8, 4) is 0 Å². The molecule has 1 aliphatic carbocycles. The van der Waals surface area contributed by atoms with E-state index in [0.29, 0.717) is 5.56 Å². The van der Waals surface area contributed by atoms with Crippen LogP contribution >= 0.6 is 0 Å². The van der Waals surface area contributed by atoms with Gasteiger partial charge in [-0.05, 0) is 25.0 Å². The van der Waals surface area contributed by atoms with Crippen LogP contribution in [-0.2, 0) is 9.59 Å². The molecule has 0 saturated heterocycles. The summed E-state index contributed by atoms with van der Waals surface area (Å²) in [6.45, 7) is 3.91. The van der Waals surface area contributed by atoms with Crippen LogP contribution in [0.3, 0.4) is 0 Å². The Morgan fingerprint density at radius 2 is 1.81 bits per heavy atom. The van der Waals surface area contributed by atoms with Crippen molar-refractivity contribution in [2.45, 2.75) is 13.8 Å². The van der Waals surface area contributed by atoms with E-state index in [0.717, 1.165) is 28.1 Å². The molecule has 0 bridgehead atoms. The van der Waals surface area contributed by atoms with Gasteiger partial charge in [0.25, 0.3) is 0 Å². The van der Waals surface area contributed by atoms with Crippen LogP contribution in [0.1, 0.15) is 16.7 Å². The topological polar surface area (TPSA) is 90.4 Å². The van der Waals surface area contributed by atoms with Crippen LogP contribution in [0.15, 0.2) is 35.9 Å². The van der Waals surface area contributed by atoms with Crippen molar-refractivity contribution in [3.05, 3.63) is 52.6 Å². The Morgan fingerprint density at radius 3 is 2.52 bits per heavy atom. The minimum absolute atomic E-state index is 0.172. The zero-order chi connectivity index (χ0) is 15.3. The van der Waals surface area contributed by atoms with Gasteiger partial charge in [0.05, 0.1) is 5.57 Å². The number of aliphatic hydroxyl groups is 2. The molecule has 1 aromatic heterocycles. The predicted octanol–water partition coefficient (Wildman–Crippen LogP) is 2.65. The molecule has 5 nitrogen and oxygen atoms in total. The zero-order valence-corrected chi connectivity index (χ0v) is 11.5. The summed E-state index contributed by atoms with van der Waals surface area (Å²) in [5.74, 6) is -2.84. The maximum absolute atomic E-state index is 12.1. The van der Waals surface area contributed by atoms with Gasteiger partial charge in [-0.1, -0.05) is 12.1 Å². The summed E-state index contributed by atoms with van der Waals surface area (Å²) < 4.78 is 0. The minimum atomic E-state index is -0.778. The van der Waals surface area contributed by atoms with Crippen LogP contribution in [0.5, 0.6) is 0 Å². The second kappa shape index (κ2) is 4.34. The summed E-state index contributed by atoms with van der Waals surface area (Å²) in [4.78, 5) is 26.7. The third-order valence-corrected chi connectivity index (χ3v) is 3.85. The second-order valence-electron chi connectivity index (χ2n) is 5.08. The molecule has 106 valence electrons. The van der Waals surface area contributed by atoms with Crippen molar-refractivity contribution in [3.63, 3.8) is 0 Å². The van der Waals surface area contributed by atoms with E-state index in [4.69, 9.17) is 0 Å². The van der Waals surface area contributed by atoms with Crippen LogP contribution in [0.4, 0.5) is 0 Å². The van der Waals surface area contributed by atoms with Crippen LogP contribution in [-0.4, -0.2) is 26.8 Å². The first kappa shape index (κ1) is 13.2. The summed E-state index contributed by atoms with van der Waals surface area (Å²) in [5, 5.41) is 20.2. The third-order valence-electron chi connectivity index (χ3n) is 3.85. The van der Waals surface area contributed by atoms with Crippen LogP contribution < -0.4 is 0 Å². The van der Waals surface area contributed by atoms with Crippen molar-refractivity contribution in [1.82, 2.24) is 4.98 Å². The fourth-order valence-corrected chi connectivity index (χ4v) is 2.52. The molecule has 0 amide bonds. The Kier molecular flexibility index (Phi) is 2.73. The normalized spacial score (nSPS) is 15.8. The van der Waals surface area contributed by atoms with Crippen molar-refractivity contribution in [2.24, 2.45) is 0 Å². The lowest BCUT2D eigenvalue weighted by atomic mass is 9.92. The number of carbonyl (C=O) groups excluding carboxylic acids is 2. The van der Waals surface area contributed by atoms with Gasteiger partial charge in [-0.25, -0.2) is 0 Å². The van der Waals surface area contributed by atoms with E-state index in [1.807, 2.05) is 26.0 Å². The number of allylic oxidation sites excluding steroid dienone is 2. The van der Waals surface area contributed by atoms with Gasteiger partial charge < -0.3 is 15.2 Å². The Morgan fingerprint density at radius 1 is 1.10 bits per heavy atom. The molecule has 0 saturated carbocycles. The summed E-state index contributed by atoms with van der Waals surface area (Å²) >= 11 is 0. The Labute approximate surface area is 120 Å². The SMILES string of the molecule is Cc1ccc2c(C3=C(O)C(=O)C=C(O)C3=O)c[nH]c2c1C. The number of ketones is 2. The molecule has 5 heteroatoms. The lowest BCUT2D eigenvalue weighted by Gasteiger charge is -2.12. The van der Waals surface area contributed by atoms with E-state index in [1.54, 1.807) is 6.20 Å². The first-order valence-corrected chi connectivity index (χ1v) is 6.42. The fourth-order valence-electron chi connectivity index (χ4n) is 2.52. The van der Waals surface area contributed by atoms with Gasteiger partial charge >= 0.3 is 0 Å². The molecule has 0 fully saturated rings. The van der Waals surface area contributed by atoms with Gasteiger partial charge in [0.15, 0.2) is 11.5 Å². The molecule has 2 aromatic rings. The smallest absolute Gasteiger partial charge is 0.231 e. The van der Waals surface area contributed by atoms with Gasteiger partial charge in [0, 0.05) is 28.7 Å². The summed E-state index contributed by atoms with van der Waals surface area (Å²) in [7, 11) is 0.